The molecular formula is C41H39F3N4O4S. The van der Waals surface area contributed by atoms with E-state index in [0.717, 1.165) is 63.9 Å². The lowest BCUT2D eigenvalue weighted by atomic mass is 10.0. The number of nitrogens with zero attached hydrogens (tertiary/aromatic N) is 2. The van der Waals surface area contributed by atoms with Crippen LogP contribution in [-0.2, 0) is 23.3 Å². The zero-order valence-electron chi connectivity index (χ0n) is 29.0. The molecule has 1 aromatic heterocycles. The minimum atomic E-state index is -4.34. The Balaban J connectivity index is 0.000000326. The third kappa shape index (κ3) is 11.2. The van der Waals surface area contributed by atoms with E-state index < -0.39 is 17.7 Å². The number of carboxylic acid groups (broad SMARTS) is 1. The Hall–Kier alpha value is -5.62. The van der Waals surface area contributed by atoms with Gasteiger partial charge in [-0.1, -0.05) is 30.3 Å². The number of amides is 2. The Bertz CT molecular complexity index is 2050. The lowest BCUT2D eigenvalue weighted by Crippen LogP contribution is -2.29. The van der Waals surface area contributed by atoms with E-state index in [0.29, 0.717) is 23.3 Å². The fraction of sp³-hybridized carbons (Fsp3) is 0.220. The second-order valence-corrected chi connectivity index (χ2v) is 13.5. The summed E-state index contributed by atoms with van der Waals surface area (Å²) >= 11 is 1.56. The van der Waals surface area contributed by atoms with Crippen molar-refractivity contribution < 1.29 is 32.7 Å². The number of aromatic carboxylic acids is 1. The largest absolute Gasteiger partial charge is 0.478 e. The average molecular weight is 741 g/mol. The molecule has 0 spiro atoms. The van der Waals surface area contributed by atoms with Crippen molar-refractivity contribution >= 4 is 41.4 Å². The van der Waals surface area contributed by atoms with Gasteiger partial charge in [0, 0.05) is 53.3 Å². The number of pyridine rings is 1. The Morgan fingerprint density at radius 2 is 1.60 bits per heavy atom. The molecule has 1 fully saturated rings. The number of carbonyl (C=O) groups excluding carboxylic acids is 2. The summed E-state index contributed by atoms with van der Waals surface area (Å²) in [6.45, 7) is 4.22. The van der Waals surface area contributed by atoms with Crippen molar-refractivity contribution in [2.75, 3.05) is 23.3 Å². The Morgan fingerprint density at radius 3 is 2.34 bits per heavy atom. The molecule has 0 aliphatic carbocycles. The smallest absolute Gasteiger partial charge is 0.416 e. The fourth-order valence-corrected chi connectivity index (χ4v) is 6.68. The van der Waals surface area contributed by atoms with Gasteiger partial charge >= 0.3 is 12.1 Å². The number of aromatic nitrogens is 1. The van der Waals surface area contributed by atoms with E-state index in [1.807, 2.05) is 49.4 Å². The van der Waals surface area contributed by atoms with E-state index in [1.165, 1.54) is 31.4 Å². The number of piperidine rings is 1. The molecule has 274 valence electrons. The summed E-state index contributed by atoms with van der Waals surface area (Å²) in [6.07, 6.45) is 1.56. The van der Waals surface area contributed by atoms with Gasteiger partial charge in [-0.3, -0.25) is 14.6 Å². The molecule has 8 nitrogen and oxygen atoms in total. The highest BCUT2D eigenvalue weighted by Gasteiger charge is 2.30. The first-order valence-electron chi connectivity index (χ1n) is 17.0. The summed E-state index contributed by atoms with van der Waals surface area (Å²) < 4.78 is 36.6. The minimum absolute atomic E-state index is 0.105. The first kappa shape index (κ1) is 38.6. The Kier molecular flexibility index (Phi) is 13.3. The van der Waals surface area contributed by atoms with Crippen LogP contribution in [0, 0.1) is 6.92 Å². The van der Waals surface area contributed by atoms with E-state index in [4.69, 9.17) is 0 Å². The third-order valence-electron chi connectivity index (χ3n) is 8.48. The second-order valence-electron chi connectivity index (χ2n) is 12.5. The average Bonchev–Trinajstić information content (AvgIpc) is 3.17. The van der Waals surface area contributed by atoms with Gasteiger partial charge in [0.15, 0.2) is 0 Å². The van der Waals surface area contributed by atoms with Crippen LogP contribution in [0.5, 0.6) is 0 Å². The molecule has 0 radical (unpaired) electrons. The normalized spacial score (nSPS) is 12.6. The van der Waals surface area contributed by atoms with Crippen LogP contribution < -0.4 is 15.5 Å². The van der Waals surface area contributed by atoms with E-state index in [9.17, 15) is 32.7 Å². The number of carbonyl (C=O) groups is 3. The number of anilines is 2. The van der Waals surface area contributed by atoms with Gasteiger partial charge in [-0.25, -0.2) is 4.79 Å². The molecule has 5 aromatic rings. The summed E-state index contributed by atoms with van der Waals surface area (Å²) in [5.74, 6) is -0.525. The van der Waals surface area contributed by atoms with Gasteiger partial charge in [-0.2, -0.15) is 13.2 Å². The molecule has 53 heavy (non-hydrogen) atoms. The number of halogens is 3. The summed E-state index contributed by atoms with van der Waals surface area (Å²) in [5.41, 5.74) is 6.18. The van der Waals surface area contributed by atoms with Crippen LogP contribution >= 0.6 is 11.8 Å². The van der Waals surface area contributed by atoms with E-state index in [1.54, 1.807) is 42.2 Å². The lowest BCUT2D eigenvalue weighted by molar-refractivity contribution is -0.137. The maximum atomic E-state index is 13.4. The highest BCUT2D eigenvalue weighted by atomic mass is 32.2. The molecular weight excluding hydrogens is 702 g/mol. The van der Waals surface area contributed by atoms with Crippen LogP contribution in [0.4, 0.5) is 24.5 Å². The number of rotatable bonds is 11. The van der Waals surface area contributed by atoms with Crippen molar-refractivity contribution in [2.24, 2.45) is 0 Å². The summed E-state index contributed by atoms with van der Waals surface area (Å²) in [4.78, 5) is 42.5. The van der Waals surface area contributed by atoms with Crippen LogP contribution in [-0.4, -0.2) is 41.5 Å². The number of benzene rings is 4. The van der Waals surface area contributed by atoms with Crippen LogP contribution in [0.25, 0.3) is 11.3 Å². The Labute approximate surface area is 310 Å². The molecule has 0 unspecified atom stereocenters. The summed E-state index contributed by atoms with van der Waals surface area (Å²) in [6, 6.07) is 29.5. The van der Waals surface area contributed by atoms with Gasteiger partial charge in [-0.15, -0.1) is 11.8 Å². The zero-order chi connectivity index (χ0) is 37.8. The molecule has 0 bridgehead atoms. The van der Waals surface area contributed by atoms with Crippen LogP contribution in [0.1, 0.15) is 62.2 Å². The number of alkyl halides is 3. The molecule has 1 aliphatic heterocycles. The predicted octanol–water partition coefficient (Wildman–Crippen LogP) is 9.24. The number of nitrogens with one attached hydrogen (secondary N) is 2. The number of hydrogen-bond donors (Lipinski definition) is 3. The van der Waals surface area contributed by atoms with E-state index in [-0.39, 0.29) is 18.0 Å². The first-order valence-corrected chi connectivity index (χ1v) is 18.0. The van der Waals surface area contributed by atoms with Crippen molar-refractivity contribution in [3.8, 4) is 11.3 Å². The molecule has 2 heterocycles. The highest BCUT2D eigenvalue weighted by molar-refractivity contribution is 7.98. The molecule has 3 N–H and O–H groups in total. The van der Waals surface area contributed by atoms with Crippen molar-refractivity contribution in [3.05, 3.63) is 143 Å². The summed E-state index contributed by atoms with van der Waals surface area (Å²) in [7, 11) is 0. The molecule has 1 aliphatic rings. The zero-order valence-corrected chi connectivity index (χ0v) is 29.8. The third-order valence-corrected chi connectivity index (χ3v) is 9.55. The van der Waals surface area contributed by atoms with Crippen LogP contribution in [0.2, 0.25) is 0 Å². The SMILES string of the molecule is Cc1ccnc(-c2cc(N3CCCCC3)ccc2NC(=O)c2cccc(SCc3cccc(C(=O)O)c3)c2)c1.O=CNCc1cccc(C(F)(F)F)c1. The second kappa shape index (κ2) is 18.2. The van der Waals surface area contributed by atoms with Gasteiger partial charge in [0.2, 0.25) is 6.41 Å². The van der Waals surface area contributed by atoms with Crippen LogP contribution in [0.3, 0.4) is 0 Å². The van der Waals surface area contributed by atoms with Crippen molar-refractivity contribution in [3.63, 3.8) is 0 Å². The fourth-order valence-electron chi connectivity index (χ4n) is 5.78. The molecule has 0 saturated carbocycles. The minimum Gasteiger partial charge on any atom is -0.478 e. The number of hydrogen-bond acceptors (Lipinski definition) is 6. The van der Waals surface area contributed by atoms with Crippen LogP contribution in [0.15, 0.2) is 114 Å². The quantitative estimate of drug-likeness (QED) is 0.0915. The van der Waals surface area contributed by atoms with Crippen molar-refractivity contribution in [1.82, 2.24) is 10.3 Å². The maximum Gasteiger partial charge on any atom is 0.416 e. The highest BCUT2D eigenvalue weighted by Crippen LogP contribution is 2.34. The molecule has 2 amide bonds. The molecule has 6 rings (SSSR count). The predicted molar refractivity (Wildman–Crippen MR) is 202 cm³/mol. The van der Waals surface area contributed by atoms with E-state index >= 15 is 0 Å². The topological polar surface area (TPSA) is 112 Å². The monoisotopic (exact) mass is 740 g/mol. The number of thioether (sulfide) groups is 1. The van der Waals surface area contributed by atoms with Crippen molar-refractivity contribution in [2.45, 2.75) is 49.6 Å². The molecule has 4 aromatic carbocycles. The van der Waals surface area contributed by atoms with Gasteiger partial charge in [0.05, 0.1) is 22.5 Å². The van der Waals surface area contributed by atoms with Gasteiger partial charge < -0.3 is 20.6 Å². The van der Waals surface area contributed by atoms with Crippen molar-refractivity contribution in [1.29, 1.82) is 0 Å². The first-order chi connectivity index (χ1) is 25.5. The van der Waals surface area contributed by atoms with Gasteiger partial charge in [0.1, 0.15) is 0 Å². The molecule has 12 heteroatoms. The van der Waals surface area contributed by atoms with E-state index in [2.05, 4.69) is 32.7 Å². The Morgan fingerprint density at radius 1 is 0.868 bits per heavy atom. The standard InChI is InChI=1S/C32H31N3O3S.C9H8F3NO/c1-22-13-14-33-30(17-22)28-20-26(35-15-3-2-4-16-35)11-12-29(28)34-31(36)24-8-6-10-27(19-24)39-21-23-7-5-9-25(18-23)32(37)38;10-9(11,12)8-3-1-2-7(4-8)5-13-6-14/h5-14,17-20H,2-4,15-16,21H2,1H3,(H,34,36)(H,37,38);1-4,6H,5H2,(H,13,14). The number of carboxylic acids is 1. The maximum absolute atomic E-state index is 13.4. The summed E-state index contributed by atoms with van der Waals surface area (Å²) in [5, 5.41) is 14.7. The lowest BCUT2D eigenvalue weighted by Gasteiger charge is -2.29. The van der Waals surface area contributed by atoms with Gasteiger partial charge in [0.25, 0.3) is 5.91 Å². The molecule has 0 atom stereocenters. The molecule has 1 saturated heterocycles. The van der Waals surface area contributed by atoms with Gasteiger partial charge in [-0.05, 0) is 116 Å². The number of aryl methyl sites for hydroxylation is 1.